The minimum atomic E-state index is 0.607. The van der Waals surface area contributed by atoms with Crippen molar-refractivity contribution in [3.63, 3.8) is 0 Å². The quantitative estimate of drug-likeness (QED) is 0.863. The molecule has 5 heteroatoms. The molecule has 2 aromatic heterocycles. The Hall–Kier alpha value is -2.30. The van der Waals surface area contributed by atoms with Gasteiger partial charge in [-0.2, -0.15) is 4.98 Å². The van der Waals surface area contributed by atoms with E-state index in [1.54, 1.807) is 13.3 Å². The van der Waals surface area contributed by atoms with Crippen molar-refractivity contribution < 1.29 is 9.47 Å². The number of nitrogens with zero attached hydrogens (tertiary/aromatic N) is 2. The van der Waals surface area contributed by atoms with Crippen LogP contribution < -0.4 is 14.8 Å². The molecule has 0 aliphatic rings. The minimum Gasteiger partial charge on any atom is -0.481 e. The summed E-state index contributed by atoms with van der Waals surface area (Å²) in [5, 5.41) is 3.24. The molecule has 2 heterocycles. The Balaban J connectivity index is 1.99. The number of pyridine rings is 2. The molecule has 0 atom stereocenters. The van der Waals surface area contributed by atoms with Crippen LogP contribution in [0.1, 0.15) is 12.5 Å². The topological polar surface area (TPSA) is 56.3 Å². The van der Waals surface area contributed by atoms with E-state index in [-0.39, 0.29) is 0 Å². The Morgan fingerprint density at radius 3 is 2.89 bits per heavy atom. The molecule has 0 unspecified atom stereocenters. The predicted octanol–water partition coefficient (Wildman–Crippen LogP) is 2.50. The van der Waals surface area contributed by atoms with E-state index in [0.29, 0.717) is 24.9 Å². The predicted molar refractivity (Wildman–Crippen MR) is 73.5 cm³/mol. The molecule has 0 fully saturated rings. The summed E-state index contributed by atoms with van der Waals surface area (Å²) in [7, 11) is 1.60. The van der Waals surface area contributed by atoms with Gasteiger partial charge < -0.3 is 14.8 Å². The summed E-state index contributed by atoms with van der Waals surface area (Å²) in [6.45, 7) is 3.20. The molecule has 0 saturated carbocycles. The summed E-state index contributed by atoms with van der Waals surface area (Å²) in [4.78, 5) is 8.41. The van der Waals surface area contributed by atoms with Crippen LogP contribution in [0.3, 0.4) is 0 Å². The second-order valence-electron chi connectivity index (χ2n) is 3.85. The highest BCUT2D eigenvalue weighted by Gasteiger charge is 2.00. The van der Waals surface area contributed by atoms with Gasteiger partial charge in [0.05, 0.1) is 13.7 Å². The molecule has 19 heavy (non-hydrogen) atoms. The van der Waals surface area contributed by atoms with E-state index in [1.165, 1.54) is 0 Å². The molecule has 2 rings (SSSR count). The van der Waals surface area contributed by atoms with Crippen molar-refractivity contribution >= 4 is 5.82 Å². The molecule has 0 saturated heterocycles. The van der Waals surface area contributed by atoms with Crippen LogP contribution in [0.25, 0.3) is 0 Å². The number of aromatic nitrogens is 2. The van der Waals surface area contributed by atoms with Crippen molar-refractivity contribution in [2.75, 3.05) is 19.0 Å². The molecule has 0 aliphatic heterocycles. The highest BCUT2D eigenvalue weighted by Crippen LogP contribution is 2.14. The summed E-state index contributed by atoms with van der Waals surface area (Å²) in [5.74, 6) is 2.01. The van der Waals surface area contributed by atoms with Crippen LogP contribution >= 0.6 is 0 Å². The Kier molecular flexibility index (Phi) is 4.55. The fourth-order valence-corrected chi connectivity index (χ4v) is 1.61. The zero-order valence-electron chi connectivity index (χ0n) is 11.1. The first-order valence-electron chi connectivity index (χ1n) is 6.14. The lowest BCUT2D eigenvalue weighted by molar-refractivity contribution is 0.327. The fourth-order valence-electron chi connectivity index (χ4n) is 1.61. The van der Waals surface area contributed by atoms with Crippen LogP contribution in [-0.4, -0.2) is 23.7 Å². The fraction of sp³-hybridized carbons (Fsp3) is 0.286. The van der Waals surface area contributed by atoms with Gasteiger partial charge in [-0.3, -0.25) is 0 Å². The van der Waals surface area contributed by atoms with E-state index < -0.39 is 0 Å². The highest BCUT2D eigenvalue weighted by atomic mass is 16.5. The molecule has 0 spiro atoms. The van der Waals surface area contributed by atoms with Crippen molar-refractivity contribution in [3.05, 3.63) is 42.1 Å². The Morgan fingerprint density at radius 1 is 1.21 bits per heavy atom. The van der Waals surface area contributed by atoms with E-state index >= 15 is 0 Å². The lowest BCUT2D eigenvalue weighted by atomic mass is 10.2. The van der Waals surface area contributed by atoms with Crippen LogP contribution in [0.4, 0.5) is 5.82 Å². The van der Waals surface area contributed by atoms with Crippen molar-refractivity contribution in [2.45, 2.75) is 13.5 Å². The van der Waals surface area contributed by atoms with E-state index in [0.717, 1.165) is 11.4 Å². The van der Waals surface area contributed by atoms with E-state index in [2.05, 4.69) is 15.3 Å². The third-order valence-corrected chi connectivity index (χ3v) is 2.50. The molecule has 0 bridgehead atoms. The summed E-state index contributed by atoms with van der Waals surface area (Å²) < 4.78 is 10.4. The zero-order chi connectivity index (χ0) is 13.5. The molecule has 0 aromatic carbocycles. The van der Waals surface area contributed by atoms with Crippen molar-refractivity contribution in [3.8, 4) is 11.8 Å². The van der Waals surface area contributed by atoms with Crippen LogP contribution in [0.5, 0.6) is 11.8 Å². The van der Waals surface area contributed by atoms with Gasteiger partial charge in [0.15, 0.2) is 0 Å². The SMILES string of the molecule is CCOc1cccc(NCc2ccnc(OC)c2)n1. The third-order valence-electron chi connectivity index (χ3n) is 2.50. The molecular weight excluding hydrogens is 242 g/mol. The van der Waals surface area contributed by atoms with Gasteiger partial charge in [-0.15, -0.1) is 0 Å². The van der Waals surface area contributed by atoms with Gasteiger partial charge in [-0.25, -0.2) is 4.98 Å². The first-order valence-corrected chi connectivity index (χ1v) is 6.14. The van der Waals surface area contributed by atoms with Gasteiger partial charge in [0, 0.05) is 24.9 Å². The Bertz CT molecular complexity index is 532. The number of methoxy groups -OCH3 is 1. The van der Waals surface area contributed by atoms with Crippen molar-refractivity contribution in [2.24, 2.45) is 0 Å². The number of rotatable bonds is 6. The lowest BCUT2D eigenvalue weighted by Gasteiger charge is -2.08. The van der Waals surface area contributed by atoms with Gasteiger partial charge in [0.1, 0.15) is 5.82 Å². The van der Waals surface area contributed by atoms with E-state index in [9.17, 15) is 0 Å². The monoisotopic (exact) mass is 259 g/mol. The minimum absolute atomic E-state index is 0.607. The van der Waals surface area contributed by atoms with Gasteiger partial charge in [0.25, 0.3) is 0 Å². The molecule has 5 nitrogen and oxygen atoms in total. The molecule has 100 valence electrons. The Morgan fingerprint density at radius 2 is 2.11 bits per heavy atom. The van der Waals surface area contributed by atoms with Gasteiger partial charge in [-0.1, -0.05) is 6.07 Å². The maximum Gasteiger partial charge on any atom is 0.215 e. The molecule has 1 N–H and O–H groups in total. The van der Waals surface area contributed by atoms with E-state index in [4.69, 9.17) is 9.47 Å². The largest absolute Gasteiger partial charge is 0.481 e. The standard InChI is InChI=1S/C14H17N3O2/c1-3-19-13-6-4-5-12(17-13)16-10-11-7-8-15-14(9-11)18-2/h4-9H,3,10H2,1-2H3,(H,16,17). The molecule has 0 amide bonds. The first kappa shape index (κ1) is 13.1. The average molecular weight is 259 g/mol. The zero-order valence-corrected chi connectivity index (χ0v) is 11.1. The van der Waals surface area contributed by atoms with Crippen LogP contribution in [-0.2, 0) is 6.54 Å². The second-order valence-corrected chi connectivity index (χ2v) is 3.85. The van der Waals surface area contributed by atoms with Crippen molar-refractivity contribution in [1.29, 1.82) is 0 Å². The Labute approximate surface area is 112 Å². The maximum absolute atomic E-state index is 5.35. The maximum atomic E-state index is 5.35. The number of hydrogen-bond donors (Lipinski definition) is 1. The average Bonchev–Trinajstić information content (AvgIpc) is 2.46. The number of nitrogens with one attached hydrogen (secondary N) is 1. The normalized spacial score (nSPS) is 10.0. The van der Waals surface area contributed by atoms with Crippen LogP contribution in [0.2, 0.25) is 0 Å². The summed E-state index contributed by atoms with van der Waals surface area (Å²) in [6.07, 6.45) is 1.72. The van der Waals surface area contributed by atoms with E-state index in [1.807, 2.05) is 37.3 Å². The molecule has 0 radical (unpaired) electrons. The van der Waals surface area contributed by atoms with Gasteiger partial charge in [0.2, 0.25) is 11.8 Å². The van der Waals surface area contributed by atoms with Crippen molar-refractivity contribution in [1.82, 2.24) is 9.97 Å². The summed E-state index contributed by atoms with van der Waals surface area (Å²) >= 11 is 0. The summed E-state index contributed by atoms with van der Waals surface area (Å²) in [5.41, 5.74) is 1.08. The number of ether oxygens (including phenoxy) is 2. The van der Waals surface area contributed by atoms with Gasteiger partial charge >= 0.3 is 0 Å². The molecular formula is C14H17N3O2. The smallest absolute Gasteiger partial charge is 0.215 e. The molecule has 0 aliphatic carbocycles. The summed E-state index contributed by atoms with van der Waals surface area (Å²) in [6, 6.07) is 9.47. The van der Waals surface area contributed by atoms with Crippen LogP contribution in [0.15, 0.2) is 36.5 Å². The second kappa shape index (κ2) is 6.58. The van der Waals surface area contributed by atoms with Gasteiger partial charge in [-0.05, 0) is 24.6 Å². The highest BCUT2D eigenvalue weighted by molar-refractivity contribution is 5.38. The third kappa shape index (κ3) is 3.84. The molecule has 2 aromatic rings. The number of anilines is 1. The van der Waals surface area contributed by atoms with Crippen LogP contribution in [0, 0.1) is 0 Å². The lowest BCUT2D eigenvalue weighted by Crippen LogP contribution is -2.03. The number of hydrogen-bond acceptors (Lipinski definition) is 5. The first-order chi connectivity index (χ1) is 9.31.